The van der Waals surface area contributed by atoms with Gasteiger partial charge in [-0.1, -0.05) is 29.4 Å². The normalized spacial score (nSPS) is 19.5. The predicted octanol–water partition coefficient (Wildman–Crippen LogP) is 3.37. The van der Waals surface area contributed by atoms with Crippen molar-refractivity contribution in [3.63, 3.8) is 0 Å². The van der Waals surface area contributed by atoms with Crippen molar-refractivity contribution in [1.82, 2.24) is 19.7 Å². The van der Waals surface area contributed by atoms with Gasteiger partial charge in [0.2, 0.25) is 0 Å². The quantitative estimate of drug-likeness (QED) is 0.436. The van der Waals surface area contributed by atoms with Gasteiger partial charge in [-0.15, -0.1) is 0 Å². The molecule has 1 atom stereocenters. The van der Waals surface area contributed by atoms with Crippen LogP contribution in [0.25, 0.3) is 11.3 Å². The standard InChI is InChI=1S/C27H31N5O3/c1-30(2)11-12-31-13-15-32(16-14-31)27(33)25-18-23(26(35-25)19-7-9-28-10-8-19)22-17-24(29-34)21-6-4-3-5-20(21)22/h3-10,18,22,34H,11-17H2,1-2H3. The van der Waals surface area contributed by atoms with Gasteiger partial charge < -0.3 is 19.4 Å². The van der Waals surface area contributed by atoms with Crippen molar-refractivity contribution < 1.29 is 14.4 Å². The van der Waals surface area contributed by atoms with E-state index < -0.39 is 0 Å². The van der Waals surface area contributed by atoms with Crippen molar-refractivity contribution in [2.24, 2.45) is 5.16 Å². The van der Waals surface area contributed by atoms with E-state index >= 15 is 0 Å². The molecule has 0 bridgehead atoms. The molecule has 1 unspecified atom stereocenters. The van der Waals surface area contributed by atoms with E-state index in [1.54, 1.807) is 12.4 Å². The zero-order valence-electron chi connectivity index (χ0n) is 20.2. The van der Waals surface area contributed by atoms with E-state index in [-0.39, 0.29) is 11.8 Å². The molecule has 0 saturated carbocycles. The van der Waals surface area contributed by atoms with Crippen LogP contribution in [0.4, 0.5) is 0 Å². The maximum Gasteiger partial charge on any atom is 0.289 e. The van der Waals surface area contributed by atoms with Crippen LogP contribution in [0, 0.1) is 0 Å². The van der Waals surface area contributed by atoms with Crippen LogP contribution >= 0.6 is 0 Å². The van der Waals surface area contributed by atoms with Crippen molar-refractivity contribution in [2.45, 2.75) is 12.3 Å². The largest absolute Gasteiger partial charge is 0.451 e. The average molecular weight is 474 g/mol. The molecule has 1 fully saturated rings. The summed E-state index contributed by atoms with van der Waals surface area (Å²) in [5.74, 6) is 0.870. The molecule has 3 heterocycles. The van der Waals surface area contributed by atoms with Gasteiger partial charge in [0.1, 0.15) is 5.76 Å². The first-order valence-corrected chi connectivity index (χ1v) is 12.1. The van der Waals surface area contributed by atoms with Gasteiger partial charge in [0, 0.05) is 80.7 Å². The Morgan fingerprint density at radius 3 is 2.57 bits per heavy atom. The van der Waals surface area contributed by atoms with E-state index in [9.17, 15) is 10.0 Å². The van der Waals surface area contributed by atoms with E-state index in [1.165, 1.54) is 0 Å². The number of hydrogen-bond donors (Lipinski definition) is 1. The van der Waals surface area contributed by atoms with Crippen LogP contribution in [-0.2, 0) is 0 Å². The molecule has 1 aliphatic heterocycles. The Labute approximate surface area is 205 Å². The second kappa shape index (κ2) is 10.0. The molecular weight excluding hydrogens is 442 g/mol. The van der Waals surface area contributed by atoms with Gasteiger partial charge in [0.05, 0.1) is 5.71 Å². The molecule has 1 saturated heterocycles. The van der Waals surface area contributed by atoms with E-state index in [2.05, 4.69) is 40.1 Å². The SMILES string of the molecule is CN(C)CCN1CCN(C(=O)c2cc(C3CC(=NO)c4ccccc43)c(-c3ccncc3)o2)CC1. The highest BCUT2D eigenvalue weighted by molar-refractivity contribution is 6.06. The lowest BCUT2D eigenvalue weighted by molar-refractivity contribution is 0.0600. The number of pyridine rings is 1. The minimum atomic E-state index is -0.0823. The third kappa shape index (κ3) is 4.72. The summed E-state index contributed by atoms with van der Waals surface area (Å²) in [5, 5.41) is 13.2. The predicted molar refractivity (Wildman–Crippen MR) is 134 cm³/mol. The van der Waals surface area contributed by atoms with Crippen LogP contribution in [0.1, 0.15) is 39.6 Å². The summed E-state index contributed by atoms with van der Waals surface area (Å²) in [6, 6.07) is 13.6. The number of furan rings is 1. The maximum absolute atomic E-state index is 13.5. The lowest BCUT2D eigenvalue weighted by atomic mass is 9.91. The average Bonchev–Trinajstić information content (AvgIpc) is 3.50. The van der Waals surface area contributed by atoms with E-state index in [1.807, 2.05) is 41.3 Å². The Morgan fingerprint density at radius 1 is 1.11 bits per heavy atom. The summed E-state index contributed by atoms with van der Waals surface area (Å²) in [4.78, 5) is 24.1. The second-order valence-corrected chi connectivity index (χ2v) is 9.46. The molecule has 1 amide bonds. The number of oxime groups is 1. The number of fused-ring (bicyclic) bond motifs is 1. The minimum Gasteiger partial charge on any atom is -0.451 e. The van der Waals surface area contributed by atoms with E-state index in [0.717, 1.165) is 48.4 Å². The first-order valence-electron chi connectivity index (χ1n) is 12.1. The van der Waals surface area contributed by atoms with Crippen LogP contribution in [-0.4, -0.2) is 89.9 Å². The van der Waals surface area contributed by atoms with Gasteiger partial charge in [-0.05, 0) is 37.9 Å². The topological polar surface area (TPSA) is 85.4 Å². The highest BCUT2D eigenvalue weighted by atomic mass is 16.4. The van der Waals surface area contributed by atoms with Crippen LogP contribution in [0.2, 0.25) is 0 Å². The zero-order chi connectivity index (χ0) is 24.4. The van der Waals surface area contributed by atoms with Gasteiger partial charge in [0.25, 0.3) is 5.91 Å². The summed E-state index contributed by atoms with van der Waals surface area (Å²) in [6.45, 7) is 5.09. The number of likely N-dealkylation sites (N-methyl/N-ethyl adjacent to an activating group) is 1. The Kier molecular flexibility index (Phi) is 6.66. The maximum atomic E-state index is 13.5. The molecule has 2 aromatic heterocycles. The lowest BCUT2D eigenvalue weighted by Gasteiger charge is -2.34. The van der Waals surface area contributed by atoms with Gasteiger partial charge in [-0.25, -0.2) is 0 Å². The van der Waals surface area contributed by atoms with Crippen LogP contribution < -0.4 is 0 Å². The molecule has 3 aromatic rings. The fourth-order valence-corrected chi connectivity index (χ4v) is 5.02. The molecule has 1 aliphatic carbocycles. The second-order valence-electron chi connectivity index (χ2n) is 9.46. The van der Waals surface area contributed by atoms with Crippen LogP contribution in [0.3, 0.4) is 0 Å². The molecule has 5 rings (SSSR count). The first kappa shape index (κ1) is 23.3. The number of amides is 1. The summed E-state index contributed by atoms with van der Waals surface area (Å²) in [7, 11) is 4.15. The number of aromatic nitrogens is 1. The molecule has 8 heteroatoms. The number of piperazine rings is 1. The molecule has 1 aromatic carbocycles. The molecule has 0 spiro atoms. The summed E-state index contributed by atoms with van der Waals surface area (Å²) in [6.07, 6.45) is 3.99. The fourth-order valence-electron chi connectivity index (χ4n) is 5.02. The van der Waals surface area contributed by atoms with Gasteiger partial charge >= 0.3 is 0 Å². The van der Waals surface area contributed by atoms with Gasteiger partial charge in [-0.2, -0.15) is 0 Å². The van der Waals surface area contributed by atoms with Crippen molar-refractivity contribution >= 4 is 11.6 Å². The number of rotatable bonds is 6. The third-order valence-corrected chi connectivity index (χ3v) is 6.98. The highest BCUT2D eigenvalue weighted by Gasteiger charge is 2.34. The molecule has 35 heavy (non-hydrogen) atoms. The minimum absolute atomic E-state index is 0.0616. The van der Waals surface area contributed by atoms with Crippen molar-refractivity contribution in [2.75, 3.05) is 53.4 Å². The smallest absolute Gasteiger partial charge is 0.289 e. The monoisotopic (exact) mass is 473 g/mol. The molecule has 1 N–H and O–H groups in total. The fraction of sp³-hybridized carbons (Fsp3) is 0.370. The summed E-state index contributed by atoms with van der Waals surface area (Å²) >= 11 is 0. The summed E-state index contributed by atoms with van der Waals surface area (Å²) in [5.41, 5.74) is 4.45. The molecule has 182 valence electrons. The Bertz CT molecular complexity index is 1210. The first-order chi connectivity index (χ1) is 17.0. The van der Waals surface area contributed by atoms with E-state index in [4.69, 9.17) is 4.42 Å². The van der Waals surface area contributed by atoms with E-state index in [0.29, 0.717) is 36.7 Å². The van der Waals surface area contributed by atoms with Crippen LogP contribution in [0.5, 0.6) is 0 Å². The number of nitrogens with zero attached hydrogens (tertiary/aromatic N) is 5. The van der Waals surface area contributed by atoms with Crippen LogP contribution in [0.15, 0.2) is 64.4 Å². The zero-order valence-corrected chi connectivity index (χ0v) is 20.2. The third-order valence-electron chi connectivity index (χ3n) is 6.98. The van der Waals surface area contributed by atoms with Crippen molar-refractivity contribution in [3.8, 4) is 11.3 Å². The lowest BCUT2D eigenvalue weighted by Crippen LogP contribution is -2.49. The van der Waals surface area contributed by atoms with Crippen molar-refractivity contribution in [1.29, 1.82) is 0 Å². The van der Waals surface area contributed by atoms with Crippen molar-refractivity contribution in [3.05, 3.63) is 77.3 Å². The van der Waals surface area contributed by atoms with Gasteiger partial charge in [-0.3, -0.25) is 14.7 Å². The van der Waals surface area contributed by atoms with Gasteiger partial charge in [0.15, 0.2) is 5.76 Å². The summed E-state index contributed by atoms with van der Waals surface area (Å²) < 4.78 is 6.28. The molecular formula is C27H31N5O3. The molecule has 2 aliphatic rings. The molecule has 0 radical (unpaired) electrons. The number of hydrogen-bond acceptors (Lipinski definition) is 7. The Balaban J connectivity index is 1.44. The highest BCUT2D eigenvalue weighted by Crippen LogP contribution is 2.43. The number of carbonyl (C=O) groups excluding carboxylic acids is 1. The number of carbonyl (C=O) groups is 1. The Morgan fingerprint density at radius 2 is 1.86 bits per heavy atom. The Hall–Kier alpha value is -3.49. The molecule has 8 nitrogen and oxygen atoms in total. The number of benzene rings is 1.